The average molecular weight is 443 g/mol. The summed E-state index contributed by atoms with van der Waals surface area (Å²) >= 11 is 1.61. The molecule has 0 amide bonds. The standard InChI is InChI=1S/C30H22N2S/c1-3-7-22(8-4-1)24-11-15-26(16-12-24)28-19-20-29(32-30(28)21-31-33-32)27-17-13-25(14-18-27)23-9-5-2-6-10-23/h1-21,31H. The van der Waals surface area contributed by atoms with Crippen molar-refractivity contribution in [3.63, 3.8) is 0 Å². The quantitative estimate of drug-likeness (QED) is 0.325. The van der Waals surface area contributed by atoms with Crippen LogP contribution in [-0.2, 0) is 0 Å². The molecule has 2 nitrogen and oxygen atoms in total. The van der Waals surface area contributed by atoms with Crippen molar-refractivity contribution < 1.29 is 0 Å². The van der Waals surface area contributed by atoms with Crippen LogP contribution in [0.4, 0.5) is 0 Å². The molecule has 6 rings (SSSR count). The van der Waals surface area contributed by atoms with Crippen molar-refractivity contribution in [1.82, 2.24) is 9.03 Å². The first-order chi connectivity index (χ1) is 16.4. The third-order valence-electron chi connectivity index (χ3n) is 6.05. The van der Waals surface area contributed by atoms with Gasteiger partial charge in [-0.3, -0.25) is 4.31 Å². The topological polar surface area (TPSA) is 15.3 Å². The van der Waals surface area contributed by atoms with E-state index in [0.717, 1.165) is 0 Å². The highest BCUT2D eigenvalue weighted by atomic mass is 32.2. The molecule has 0 bridgehead atoms. The summed E-state index contributed by atoms with van der Waals surface area (Å²) in [4.78, 5) is 0. The molecule has 0 aliphatic carbocycles. The number of nitrogens with one attached hydrogen (secondary N) is 1. The normalized spacial score (nSPS) is 14.7. The fourth-order valence-electron chi connectivity index (χ4n) is 4.32. The highest BCUT2D eigenvalue weighted by Crippen LogP contribution is 2.43. The Kier molecular flexibility index (Phi) is 5.10. The maximum absolute atomic E-state index is 3.34. The molecule has 3 heteroatoms. The summed E-state index contributed by atoms with van der Waals surface area (Å²) < 4.78 is 5.61. The van der Waals surface area contributed by atoms with Crippen LogP contribution in [0.15, 0.2) is 133 Å². The molecule has 0 spiro atoms. The largest absolute Gasteiger partial charge is 0.316 e. The molecule has 0 saturated heterocycles. The summed E-state index contributed by atoms with van der Waals surface area (Å²) in [5, 5.41) is 0. The lowest BCUT2D eigenvalue weighted by Crippen LogP contribution is -2.15. The minimum absolute atomic E-state index is 1.18. The third-order valence-corrected chi connectivity index (χ3v) is 6.85. The summed E-state index contributed by atoms with van der Waals surface area (Å²) in [6, 6.07) is 38.6. The molecule has 0 saturated carbocycles. The van der Waals surface area contributed by atoms with E-state index in [2.05, 4.69) is 137 Å². The lowest BCUT2D eigenvalue weighted by Gasteiger charge is -2.27. The van der Waals surface area contributed by atoms with Gasteiger partial charge in [-0.1, -0.05) is 115 Å². The van der Waals surface area contributed by atoms with Crippen molar-refractivity contribution >= 4 is 23.4 Å². The van der Waals surface area contributed by atoms with Gasteiger partial charge in [-0.05, 0) is 39.5 Å². The van der Waals surface area contributed by atoms with E-state index >= 15 is 0 Å². The van der Waals surface area contributed by atoms with E-state index in [9.17, 15) is 0 Å². The molecule has 0 unspecified atom stereocenters. The Balaban J connectivity index is 1.31. The van der Waals surface area contributed by atoms with Gasteiger partial charge in [0.2, 0.25) is 0 Å². The smallest absolute Gasteiger partial charge is 0.0786 e. The summed E-state index contributed by atoms with van der Waals surface area (Å²) in [6.07, 6.45) is 6.54. The summed E-state index contributed by atoms with van der Waals surface area (Å²) in [5.41, 5.74) is 10.9. The van der Waals surface area contributed by atoms with Gasteiger partial charge < -0.3 is 4.72 Å². The fourth-order valence-corrected chi connectivity index (χ4v) is 5.10. The van der Waals surface area contributed by atoms with Crippen LogP contribution in [0.2, 0.25) is 0 Å². The van der Waals surface area contributed by atoms with Crippen LogP contribution in [0.25, 0.3) is 33.5 Å². The van der Waals surface area contributed by atoms with Gasteiger partial charge >= 0.3 is 0 Å². The van der Waals surface area contributed by atoms with Gasteiger partial charge in [-0.25, -0.2) is 0 Å². The molecule has 0 aromatic heterocycles. The van der Waals surface area contributed by atoms with Crippen LogP contribution in [0.5, 0.6) is 0 Å². The number of fused-ring (bicyclic) bond motifs is 1. The number of benzene rings is 4. The van der Waals surface area contributed by atoms with Gasteiger partial charge in [0, 0.05) is 11.8 Å². The molecular formula is C30H22N2S. The molecule has 4 aromatic carbocycles. The predicted molar refractivity (Wildman–Crippen MR) is 140 cm³/mol. The highest BCUT2D eigenvalue weighted by molar-refractivity contribution is 7.95. The lowest BCUT2D eigenvalue weighted by atomic mass is 9.95. The minimum Gasteiger partial charge on any atom is -0.316 e. The van der Waals surface area contributed by atoms with Crippen molar-refractivity contribution in [2.45, 2.75) is 0 Å². The lowest BCUT2D eigenvalue weighted by molar-refractivity contribution is 0.845. The summed E-state index contributed by atoms with van der Waals surface area (Å²) in [6.45, 7) is 0. The molecule has 0 radical (unpaired) electrons. The first-order valence-electron chi connectivity index (χ1n) is 11.0. The Bertz CT molecular complexity index is 1370. The van der Waals surface area contributed by atoms with Crippen molar-refractivity contribution in [3.8, 4) is 22.3 Å². The van der Waals surface area contributed by atoms with Gasteiger partial charge in [-0.15, -0.1) is 0 Å². The monoisotopic (exact) mass is 442 g/mol. The molecule has 2 heterocycles. The van der Waals surface area contributed by atoms with Gasteiger partial charge in [0.25, 0.3) is 0 Å². The zero-order valence-electron chi connectivity index (χ0n) is 18.0. The summed E-state index contributed by atoms with van der Waals surface area (Å²) in [7, 11) is 0. The average Bonchev–Trinajstić information content (AvgIpc) is 3.40. The van der Waals surface area contributed by atoms with E-state index in [1.165, 1.54) is 50.3 Å². The van der Waals surface area contributed by atoms with E-state index in [0.29, 0.717) is 0 Å². The van der Waals surface area contributed by atoms with E-state index < -0.39 is 0 Å². The molecule has 33 heavy (non-hydrogen) atoms. The molecule has 0 atom stereocenters. The number of nitrogens with zero attached hydrogens (tertiary/aromatic N) is 1. The Morgan fingerprint density at radius 2 is 0.939 bits per heavy atom. The Labute approximate surface area is 198 Å². The zero-order chi connectivity index (χ0) is 22.0. The zero-order valence-corrected chi connectivity index (χ0v) is 18.8. The second-order valence-electron chi connectivity index (χ2n) is 8.05. The van der Waals surface area contributed by atoms with E-state index in [4.69, 9.17) is 0 Å². The van der Waals surface area contributed by atoms with Crippen LogP contribution in [-0.4, -0.2) is 4.31 Å². The molecule has 158 valence electrons. The van der Waals surface area contributed by atoms with E-state index in [1.54, 1.807) is 12.1 Å². The van der Waals surface area contributed by atoms with Gasteiger partial charge in [0.1, 0.15) is 0 Å². The molecule has 1 N–H and O–H groups in total. The first-order valence-corrected chi connectivity index (χ1v) is 11.8. The van der Waals surface area contributed by atoms with Gasteiger partial charge in [0.05, 0.1) is 23.5 Å². The fraction of sp³-hybridized carbons (Fsp3) is 0. The predicted octanol–water partition coefficient (Wildman–Crippen LogP) is 7.77. The van der Waals surface area contributed by atoms with E-state index in [-0.39, 0.29) is 0 Å². The second-order valence-corrected chi connectivity index (χ2v) is 8.84. The molecular weight excluding hydrogens is 420 g/mol. The van der Waals surface area contributed by atoms with Crippen LogP contribution >= 0.6 is 12.1 Å². The van der Waals surface area contributed by atoms with Gasteiger partial charge in [-0.2, -0.15) is 0 Å². The van der Waals surface area contributed by atoms with Crippen molar-refractivity contribution in [1.29, 1.82) is 0 Å². The number of hydrogen-bond donors (Lipinski definition) is 1. The Hall–Kier alpha value is -3.95. The molecule has 0 fully saturated rings. The Morgan fingerprint density at radius 3 is 1.52 bits per heavy atom. The molecule has 4 aromatic rings. The number of hydrogen-bond acceptors (Lipinski definition) is 3. The first kappa shape index (κ1) is 19.7. The van der Waals surface area contributed by atoms with Crippen molar-refractivity contribution in [2.75, 3.05) is 0 Å². The Morgan fingerprint density at radius 1 is 0.455 bits per heavy atom. The maximum Gasteiger partial charge on any atom is 0.0786 e. The van der Waals surface area contributed by atoms with Crippen LogP contribution in [0.3, 0.4) is 0 Å². The van der Waals surface area contributed by atoms with Crippen LogP contribution in [0.1, 0.15) is 11.1 Å². The number of allylic oxidation sites excluding steroid dienone is 3. The maximum atomic E-state index is 3.34. The summed E-state index contributed by atoms with van der Waals surface area (Å²) in [5.74, 6) is 0. The number of rotatable bonds is 4. The SMILES string of the molecule is C1=C(c2ccc(-c3ccccc3)cc2)C2=CNSN2C(c2ccc(-c3ccccc3)cc2)=C1. The van der Waals surface area contributed by atoms with E-state index in [1.807, 2.05) is 0 Å². The minimum atomic E-state index is 1.18. The van der Waals surface area contributed by atoms with Gasteiger partial charge in [0.15, 0.2) is 0 Å². The highest BCUT2D eigenvalue weighted by Gasteiger charge is 2.27. The van der Waals surface area contributed by atoms with Crippen LogP contribution in [0, 0.1) is 0 Å². The molecule has 2 aliphatic rings. The third kappa shape index (κ3) is 3.77. The second kappa shape index (κ2) is 8.53. The van der Waals surface area contributed by atoms with Crippen LogP contribution < -0.4 is 4.72 Å². The van der Waals surface area contributed by atoms with Crippen molar-refractivity contribution in [3.05, 3.63) is 144 Å². The molecule has 2 aliphatic heterocycles. The van der Waals surface area contributed by atoms with Crippen molar-refractivity contribution in [2.24, 2.45) is 0 Å².